The van der Waals surface area contributed by atoms with Crippen LogP contribution >= 0.6 is 11.9 Å². The average molecular weight is 493 g/mol. The van der Waals surface area contributed by atoms with E-state index in [1.165, 1.54) is 11.1 Å². The Hall–Kier alpha value is -2.83. The van der Waals surface area contributed by atoms with E-state index < -0.39 is 11.6 Å². The lowest BCUT2D eigenvalue weighted by molar-refractivity contribution is -0.136. The Morgan fingerprint density at radius 3 is 2.17 bits per heavy atom. The number of carboxylic acid groups (broad SMARTS) is 1. The van der Waals surface area contributed by atoms with Crippen molar-refractivity contribution in [1.29, 1.82) is 0 Å². The maximum atomic E-state index is 11.8. The molecular formula is C29H36N2O3S. The Labute approximate surface area is 213 Å². The van der Waals surface area contributed by atoms with Crippen LogP contribution in [0.2, 0.25) is 0 Å². The molecule has 1 aliphatic heterocycles. The van der Waals surface area contributed by atoms with Crippen molar-refractivity contribution in [2.75, 3.05) is 10.6 Å². The summed E-state index contributed by atoms with van der Waals surface area (Å²) in [5.74, 6) is -0.813. The maximum Gasteiger partial charge on any atom is 0.307 e. The molecule has 0 radical (unpaired) electrons. The molecule has 1 aliphatic rings. The molecule has 0 atom stereocenters. The van der Waals surface area contributed by atoms with Gasteiger partial charge in [-0.2, -0.15) is 0 Å². The van der Waals surface area contributed by atoms with Gasteiger partial charge in [-0.3, -0.25) is 9.78 Å². The summed E-state index contributed by atoms with van der Waals surface area (Å²) in [4.78, 5) is 16.6. The first kappa shape index (κ1) is 26.8. The highest BCUT2D eigenvalue weighted by atomic mass is 32.2. The fourth-order valence-electron chi connectivity index (χ4n) is 4.50. The van der Waals surface area contributed by atoms with Crippen LogP contribution in [0.15, 0.2) is 36.5 Å². The standard InChI is InChI=1S/C25H26N2O2S.C4H10O/c1-14-6-8-18(9-7-14)22-17(4)23-24-19(10-15(2)12-26-24)13-27(30-5)25(23)16(3)20(22)11-21(28)29;1-4(2,3)5/h6-10,12H,11,13H2,1-5H3,(H,28,29);5H,1-3H3. The van der Waals surface area contributed by atoms with E-state index in [-0.39, 0.29) is 6.42 Å². The van der Waals surface area contributed by atoms with E-state index in [9.17, 15) is 9.90 Å². The zero-order chi connectivity index (χ0) is 26.1. The normalized spacial score (nSPS) is 12.4. The molecule has 0 unspecified atom stereocenters. The lowest BCUT2D eigenvalue weighted by atomic mass is 9.82. The molecule has 6 heteroatoms. The van der Waals surface area contributed by atoms with E-state index >= 15 is 0 Å². The largest absolute Gasteiger partial charge is 0.481 e. The van der Waals surface area contributed by atoms with Gasteiger partial charge in [0.2, 0.25) is 0 Å². The molecule has 2 aromatic carbocycles. The summed E-state index contributed by atoms with van der Waals surface area (Å²) < 4.78 is 2.27. The number of benzene rings is 2. The molecule has 2 N–H and O–H groups in total. The van der Waals surface area contributed by atoms with Crippen LogP contribution in [0.4, 0.5) is 5.69 Å². The number of aromatic nitrogens is 1. The van der Waals surface area contributed by atoms with Crippen LogP contribution in [0.25, 0.3) is 22.4 Å². The number of aryl methyl sites for hydroxylation is 2. The summed E-state index contributed by atoms with van der Waals surface area (Å²) in [6, 6.07) is 10.6. The quantitative estimate of drug-likeness (QED) is 0.397. The summed E-state index contributed by atoms with van der Waals surface area (Å²) >= 11 is 1.67. The van der Waals surface area contributed by atoms with Gasteiger partial charge in [-0.25, -0.2) is 0 Å². The number of pyridine rings is 1. The van der Waals surface area contributed by atoms with E-state index in [4.69, 9.17) is 10.1 Å². The molecule has 0 amide bonds. The van der Waals surface area contributed by atoms with Gasteiger partial charge in [0.05, 0.1) is 29.9 Å². The molecular weight excluding hydrogens is 456 g/mol. The first-order valence-corrected chi connectivity index (χ1v) is 12.9. The highest BCUT2D eigenvalue weighted by molar-refractivity contribution is 7.99. The summed E-state index contributed by atoms with van der Waals surface area (Å²) in [5, 5.41) is 18.2. The van der Waals surface area contributed by atoms with E-state index in [2.05, 4.69) is 68.6 Å². The Morgan fingerprint density at radius 2 is 1.63 bits per heavy atom. The number of anilines is 1. The number of nitrogens with zero attached hydrogens (tertiary/aromatic N) is 2. The van der Waals surface area contributed by atoms with Crippen LogP contribution in [0.1, 0.15) is 54.2 Å². The highest BCUT2D eigenvalue weighted by Gasteiger charge is 2.31. The molecule has 186 valence electrons. The zero-order valence-electron chi connectivity index (χ0n) is 22.0. The molecule has 0 fully saturated rings. The van der Waals surface area contributed by atoms with Crippen molar-refractivity contribution in [3.63, 3.8) is 0 Å². The van der Waals surface area contributed by atoms with Crippen molar-refractivity contribution < 1.29 is 15.0 Å². The molecule has 0 saturated heterocycles. The summed E-state index contributed by atoms with van der Waals surface area (Å²) in [5.41, 5.74) is 11.3. The van der Waals surface area contributed by atoms with Gasteiger partial charge in [-0.1, -0.05) is 47.8 Å². The molecule has 0 spiro atoms. The smallest absolute Gasteiger partial charge is 0.307 e. The summed E-state index contributed by atoms with van der Waals surface area (Å²) in [6.07, 6.45) is 3.99. The predicted octanol–water partition coefficient (Wildman–Crippen LogP) is 6.65. The third-order valence-electron chi connectivity index (χ3n) is 5.89. The third kappa shape index (κ3) is 6.06. The molecule has 1 aromatic heterocycles. The molecule has 0 saturated carbocycles. The minimum atomic E-state index is -0.813. The number of rotatable bonds is 4. The number of carboxylic acids is 1. The summed E-state index contributed by atoms with van der Waals surface area (Å²) in [6.45, 7) is 14.3. The van der Waals surface area contributed by atoms with Crippen molar-refractivity contribution in [3.05, 3.63) is 69.9 Å². The van der Waals surface area contributed by atoms with E-state index in [0.29, 0.717) is 0 Å². The third-order valence-corrected chi connectivity index (χ3v) is 6.64. The Kier molecular flexibility index (Phi) is 7.97. The maximum absolute atomic E-state index is 11.8. The van der Waals surface area contributed by atoms with Crippen LogP contribution in [-0.4, -0.2) is 33.0 Å². The van der Waals surface area contributed by atoms with Crippen molar-refractivity contribution in [3.8, 4) is 22.4 Å². The predicted molar refractivity (Wildman–Crippen MR) is 147 cm³/mol. The highest BCUT2D eigenvalue weighted by Crippen LogP contribution is 2.49. The van der Waals surface area contributed by atoms with Gasteiger partial charge in [0.1, 0.15) is 0 Å². The minimum Gasteiger partial charge on any atom is -0.481 e. The van der Waals surface area contributed by atoms with Gasteiger partial charge in [-0.05, 0) is 87.4 Å². The first-order valence-electron chi connectivity index (χ1n) is 11.8. The zero-order valence-corrected chi connectivity index (χ0v) is 22.8. The van der Waals surface area contributed by atoms with E-state index in [1.807, 2.05) is 6.20 Å². The number of carbonyl (C=O) groups is 1. The van der Waals surface area contributed by atoms with Gasteiger partial charge in [-0.15, -0.1) is 0 Å². The number of aliphatic hydroxyl groups is 1. The first-order chi connectivity index (χ1) is 16.3. The summed E-state index contributed by atoms with van der Waals surface area (Å²) in [7, 11) is 0. The van der Waals surface area contributed by atoms with Crippen molar-refractivity contribution in [2.45, 2.75) is 67.0 Å². The van der Waals surface area contributed by atoms with Crippen LogP contribution in [0.5, 0.6) is 0 Å². The second kappa shape index (κ2) is 10.4. The van der Waals surface area contributed by atoms with Crippen LogP contribution in [0, 0.1) is 27.7 Å². The molecule has 0 bridgehead atoms. The SMILES string of the molecule is CC(C)(C)O.CSN1Cc2cc(C)cnc2-c2c(C)c(-c3ccc(C)cc3)c(CC(=O)O)c(C)c21. The number of hydrogen-bond donors (Lipinski definition) is 2. The van der Waals surface area contributed by atoms with E-state index in [1.54, 1.807) is 32.7 Å². The van der Waals surface area contributed by atoms with Gasteiger partial charge in [0, 0.05) is 18.0 Å². The topological polar surface area (TPSA) is 73.7 Å². The van der Waals surface area contributed by atoms with Crippen LogP contribution in [-0.2, 0) is 17.8 Å². The second-order valence-electron chi connectivity index (χ2n) is 10.2. The Bertz CT molecular complexity index is 1240. The molecule has 2 heterocycles. The van der Waals surface area contributed by atoms with Crippen LogP contribution < -0.4 is 4.31 Å². The molecule has 0 aliphatic carbocycles. The van der Waals surface area contributed by atoms with Crippen molar-refractivity contribution in [2.24, 2.45) is 0 Å². The molecule has 3 aromatic rings. The van der Waals surface area contributed by atoms with Gasteiger partial charge in [0.15, 0.2) is 0 Å². The van der Waals surface area contributed by atoms with Crippen LogP contribution in [0.3, 0.4) is 0 Å². The number of aliphatic carboxylic acids is 1. The van der Waals surface area contributed by atoms with Gasteiger partial charge in [0.25, 0.3) is 0 Å². The van der Waals surface area contributed by atoms with Crippen molar-refractivity contribution >= 4 is 23.6 Å². The molecule has 5 nitrogen and oxygen atoms in total. The fraction of sp³-hybridized carbons (Fsp3) is 0.379. The average Bonchev–Trinajstić information content (AvgIpc) is 2.75. The molecule has 35 heavy (non-hydrogen) atoms. The number of hydrogen-bond acceptors (Lipinski definition) is 5. The van der Waals surface area contributed by atoms with Gasteiger partial charge < -0.3 is 14.5 Å². The monoisotopic (exact) mass is 492 g/mol. The molecule has 4 rings (SSSR count). The Morgan fingerprint density at radius 1 is 1.03 bits per heavy atom. The number of fused-ring (bicyclic) bond motifs is 3. The minimum absolute atomic E-state index is 0.000429. The lowest BCUT2D eigenvalue weighted by Gasteiger charge is -2.35. The second-order valence-corrected chi connectivity index (χ2v) is 11.0. The Balaban J connectivity index is 0.000000623. The fourth-order valence-corrected chi connectivity index (χ4v) is 5.18. The lowest BCUT2D eigenvalue weighted by Crippen LogP contribution is -2.23. The van der Waals surface area contributed by atoms with E-state index in [0.717, 1.165) is 56.9 Å². The van der Waals surface area contributed by atoms with Crippen molar-refractivity contribution in [1.82, 2.24) is 4.98 Å². The van der Waals surface area contributed by atoms with Gasteiger partial charge >= 0.3 is 5.97 Å².